The van der Waals surface area contributed by atoms with Gasteiger partial charge in [-0.05, 0) is 31.2 Å². The quantitative estimate of drug-likeness (QED) is 0.887. The topological polar surface area (TPSA) is 49.3 Å². The molecule has 1 aliphatic carbocycles. The molecule has 0 saturated heterocycles. The summed E-state index contributed by atoms with van der Waals surface area (Å²) < 4.78 is 0. The molecular formula is C17H25NO2. The molecule has 1 amide bonds. The number of amides is 1. The van der Waals surface area contributed by atoms with E-state index in [0.29, 0.717) is 5.92 Å². The van der Waals surface area contributed by atoms with Gasteiger partial charge in [-0.2, -0.15) is 0 Å². The van der Waals surface area contributed by atoms with Crippen LogP contribution in [-0.2, 0) is 10.4 Å². The van der Waals surface area contributed by atoms with E-state index in [1.54, 1.807) is 6.92 Å². The minimum absolute atomic E-state index is 0.0578. The predicted octanol–water partition coefficient (Wildman–Crippen LogP) is 2.98. The fourth-order valence-electron chi connectivity index (χ4n) is 3.00. The molecule has 0 radical (unpaired) electrons. The SMILES string of the molecule is CC1CCCCC1NC(=O)CC(C)(O)c1ccccc1. The number of carbonyl (C=O) groups excluding carboxylic acids is 1. The molecule has 0 spiro atoms. The zero-order chi connectivity index (χ0) is 14.6. The first-order chi connectivity index (χ1) is 9.49. The smallest absolute Gasteiger partial charge is 0.223 e. The minimum atomic E-state index is -1.11. The van der Waals surface area contributed by atoms with Crippen LogP contribution < -0.4 is 5.32 Å². The standard InChI is InChI=1S/C17H25NO2/c1-13-8-6-7-11-15(13)18-16(19)12-17(2,20)14-9-4-3-5-10-14/h3-5,9-10,13,15,20H,6-8,11-12H2,1-2H3,(H,18,19). The fraction of sp³-hybridized carbons (Fsp3) is 0.588. The lowest BCUT2D eigenvalue weighted by atomic mass is 9.85. The van der Waals surface area contributed by atoms with Gasteiger partial charge in [0.15, 0.2) is 0 Å². The highest BCUT2D eigenvalue weighted by Crippen LogP contribution is 2.26. The molecule has 2 N–H and O–H groups in total. The second kappa shape index (κ2) is 6.40. The highest BCUT2D eigenvalue weighted by molar-refractivity contribution is 5.77. The molecule has 1 aromatic rings. The maximum absolute atomic E-state index is 12.2. The van der Waals surface area contributed by atoms with Crippen LogP contribution in [0.4, 0.5) is 0 Å². The Labute approximate surface area is 121 Å². The van der Waals surface area contributed by atoms with Gasteiger partial charge in [-0.1, -0.05) is 50.1 Å². The number of carbonyl (C=O) groups is 1. The number of nitrogens with one attached hydrogen (secondary N) is 1. The van der Waals surface area contributed by atoms with Gasteiger partial charge in [0.1, 0.15) is 0 Å². The third-order valence-corrected chi connectivity index (χ3v) is 4.36. The zero-order valence-electron chi connectivity index (χ0n) is 12.4. The molecule has 1 saturated carbocycles. The van der Waals surface area contributed by atoms with Crippen molar-refractivity contribution in [3.63, 3.8) is 0 Å². The summed E-state index contributed by atoms with van der Waals surface area (Å²) in [7, 11) is 0. The second-order valence-electron chi connectivity index (χ2n) is 6.25. The van der Waals surface area contributed by atoms with E-state index in [2.05, 4.69) is 12.2 Å². The zero-order valence-corrected chi connectivity index (χ0v) is 12.4. The maximum atomic E-state index is 12.2. The molecule has 0 heterocycles. The van der Waals surface area contributed by atoms with Crippen molar-refractivity contribution in [1.82, 2.24) is 5.32 Å². The number of rotatable bonds is 4. The van der Waals surface area contributed by atoms with Crippen LogP contribution in [0.2, 0.25) is 0 Å². The van der Waals surface area contributed by atoms with Gasteiger partial charge in [0.05, 0.1) is 12.0 Å². The summed E-state index contributed by atoms with van der Waals surface area (Å²) in [6.45, 7) is 3.89. The monoisotopic (exact) mass is 275 g/mol. The molecule has 0 aliphatic heterocycles. The number of aliphatic hydroxyl groups is 1. The van der Waals surface area contributed by atoms with Crippen molar-refractivity contribution >= 4 is 5.91 Å². The van der Waals surface area contributed by atoms with Crippen LogP contribution in [0.25, 0.3) is 0 Å². The lowest BCUT2D eigenvalue weighted by Gasteiger charge is -2.31. The molecule has 110 valence electrons. The van der Waals surface area contributed by atoms with Crippen LogP contribution in [-0.4, -0.2) is 17.1 Å². The van der Waals surface area contributed by atoms with E-state index in [1.165, 1.54) is 19.3 Å². The van der Waals surface area contributed by atoms with E-state index >= 15 is 0 Å². The summed E-state index contributed by atoms with van der Waals surface area (Å²) in [6, 6.07) is 9.65. The normalized spacial score (nSPS) is 25.8. The van der Waals surface area contributed by atoms with Crippen molar-refractivity contribution < 1.29 is 9.90 Å². The lowest BCUT2D eigenvalue weighted by molar-refractivity contribution is -0.127. The largest absolute Gasteiger partial charge is 0.385 e. The van der Waals surface area contributed by atoms with Crippen LogP contribution in [0.5, 0.6) is 0 Å². The Hall–Kier alpha value is -1.35. The van der Waals surface area contributed by atoms with Crippen LogP contribution in [0.15, 0.2) is 30.3 Å². The van der Waals surface area contributed by atoms with Crippen molar-refractivity contribution in [2.24, 2.45) is 5.92 Å². The molecule has 3 heteroatoms. The third kappa shape index (κ3) is 3.83. The van der Waals surface area contributed by atoms with Gasteiger partial charge in [-0.15, -0.1) is 0 Å². The minimum Gasteiger partial charge on any atom is -0.385 e. The van der Waals surface area contributed by atoms with Crippen LogP contribution in [0, 0.1) is 5.92 Å². The highest BCUT2D eigenvalue weighted by atomic mass is 16.3. The van der Waals surface area contributed by atoms with Crippen molar-refractivity contribution in [3.05, 3.63) is 35.9 Å². The summed E-state index contributed by atoms with van der Waals surface area (Å²) in [5.41, 5.74) is -0.324. The number of hydrogen-bond acceptors (Lipinski definition) is 2. The van der Waals surface area contributed by atoms with E-state index in [9.17, 15) is 9.90 Å². The summed E-state index contributed by atoms with van der Waals surface area (Å²) in [4.78, 5) is 12.2. The Morgan fingerprint density at radius 3 is 2.60 bits per heavy atom. The Bertz CT molecular complexity index is 442. The third-order valence-electron chi connectivity index (χ3n) is 4.36. The molecule has 20 heavy (non-hydrogen) atoms. The van der Waals surface area contributed by atoms with E-state index < -0.39 is 5.60 Å². The molecule has 1 aromatic carbocycles. The molecular weight excluding hydrogens is 250 g/mol. The molecule has 2 rings (SSSR count). The van der Waals surface area contributed by atoms with E-state index in [1.807, 2.05) is 30.3 Å². The van der Waals surface area contributed by atoms with Gasteiger partial charge in [0.2, 0.25) is 5.91 Å². The average Bonchev–Trinajstić information content (AvgIpc) is 2.42. The summed E-state index contributed by atoms with van der Waals surface area (Å²) >= 11 is 0. The summed E-state index contributed by atoms with van der Waals surface area (Å²) in [6.07, 6.45) is 4.79. The number of benzene rings is 1. The molecule has 3 nitrogen and oxygen atoms in total. The van der Waals surface area contributed by atoms with E-state index in [-0.39, 0.29) is 18.4 Å². The highest BCUT2D eigenvalue weighted by Gasteiger charge is 2.29. The molecule has 3 unspecified atom stereocenters. The van der Waals surface area contributed by atoms with Gasteiger partial charge in [0, 0.05) is 6.04 Å². The lowest BCUT2D eigenvalue weighted by Crippen LogP contribution is -2.43. The van der Waals surface area contributed by atoms with Crippen molar-refractivity contribution in [1.29, 1.82) is 0 Å². The van der Waals surface area contributed by atoms with Gasteiger partial charge in [0.25, 0.3) is 0 Å². The van der Waals surface area contributed by atoms with Crippen molar-refractivity contribution in [2.45, 2.75) is 57.6 Å². The van der Waals surface area contributed by atoms with Crippen molar-refractivity contribution in [3.8, 4) is 0 Å². The van der Waals surface area contributed by atoms with Gasteiger partial charge >= 0.3 is 0 Å². The molecule has 1 aliphatic rings. The Morgan fingerprint density at radius 1 is 1.30 bits per heavy atom. The molecule has 1 fully saturated rings. The van der Waals surface area contributed by atoms with Crippen molar-refractivity contribution in [2.75, 3.05) is 0 Å². The van der Waals surface area contributed by atoms with Gasteiger partial charge in [-0.3, -0.25) is 4.79 Å². The predicted molar refractivity (Wildman–Crippen MR) is 80.2 cm³/mol. The fourth-order valence-corrected chi connectivity index (χ4v) is 3.00. The first-order valence-corrected chi connectivity index (χ1v) is 7.56. The van der Waals surface area contributed by atoms with E-state index in [0.717, 1.165) is 12.0 Å². The van der Waals surface area contributed by atoms with Crippen LogP contribution >= 0.6 is 0 Å². The van der Waals surface area contributed by atoms with E-state index in [4.69, 9.17) is 0 Å². The molecule has 0 bridgehead atoms. The molecule has 0 aromatic heterocycles. The Morgan fingerprint density at radius 2 is 1.95 bits per heavy atom. The van der Waals surface area contributed by atoms with Crippen LogP contribution in [0.3, 0.4) is 0 Å². The van der Waals surface area contributed by atoms with Gasteiger partial charge in [-0.25, -0.2) is 0 Å². The Kier molecular flexibility index (Phi) is 4.81. The molecule has 3 atom stereocenters. The first-order valence-electron chi connectivity index (χ1n) is 7.56. The Balaban J connectivity index is 1.93. The van der Waals surface area contributed by atoms with Gasteiger partial charge < -0.3 is 10.4 Å². The maximum Gasteiger partial charge on any atom is 0.223 e. The number of hydrogen-bond donors (Lipinski definition) is 2. The van der Waals surface area contributed by atoms with Crippen LogP contribution in [0.1, 0.15) is 51.5 Å². The average molecular weight is 275 g/mol. The second-order valence-corrected chi connectivity index (χ2v) is 6.25. The first kappa shape index (κ1) is 15.0. The summed E-state index contributed by atoms with van der Waals surface area (Å²) in [5, 5.41) is 13.6. The summed E-state index contributed by atoms with van der Waals surface area (Å²) in [5.74, 6) is 0.479.